The zero-order valence-electron chi connectivity index (χ0n) is 12.1. The molecule has 0 spiro atoms. The summed E-state index contributed by atoms with van der Waals surface area (Å²) in [6.07, 6.45) is 0. The molecule has 0 amide bonds. The van der Waals surface area contributed by atoms with Crippen LogP contribution in [0, 0.1) is 13.8 Å². The SMILES string of the molecule is COc1cc(-c2c(-c3ccc(C)o3)noc2N)ccc1C. The topological polar surface area (TPSA) is 74.4 Å². The molecule has 0 saturated heterocycles. The largest absolute Gasteiger partial charge is 0.496 e. The number of anilines is 1. The second-order valence-corrected chi connectivity index (χ2v) is 4.87. The van der Waals surface area contributed by atoms with Crippen molar-refractivity contribution in [1.82, 2.24) is 5.16 Å². The Labute approximate surface area is 122 Å². The number of nitrogen functional groups attached to an aromatic ring is 1. The molecule has 0 aliphatic rings. The number of aryl methyl sites for hydroxylation is 2. The van der Waals surface area contributed by atoms with E-state index >= 15 is 0 Å². The van der Waals surface area contributed by atoms with Crippen LogP contribution in [0.25, 0.3) is 22.6 Å². The van der Waals surface area contributed by atoms with Gasteiger partial charge in [-0.25, -0.2) is 0 Å². The number of methoxy groups -OCH3 is 1. The number of furan rings is 1. The summed E-state index contributed by atoms with van der Waals surface area (Å²) in [5, 5.41) is 4.02. The Morgan fingerprint density at radius 3 is 2.62 bits per heavy atom. The maximum absolute atomic E-state index is 5.94. The van der Waals surface area contributed by atoms with E-state index in [0.717, 1.165) is 22.6 Å². The fourth-order valence-corrected chi connectivity index (χ4v) is 2.29. The lowest BCUT2D eigenvalue weighted by atomic mass is 10.0. The number of benzene rings is 1. The Balaban J connectivity index is 2.17. The molecule has 0 fully saturated rings. The van der Waals surface area contributed by atoms with Crippen LogP contribution in [0.5, 0.6) is 5.75 Å². The first-order valence-electron chi connectivity index (χ1n) is 6.57. The number of hydrogen-bond donors (Lipinski definition) is 1. The van der Waals surface area contributed by atoms with Crippen LogP contribution in [0.1, 0.15) is 11.3 Å². The maximum atomic E-state index is 5.94. The van der Waals surface area contributed by atoms with Crippen molar-refractivity contribution in [3.63, 3.8) is 0 Å². The van der Waals surface area contributed by atoms with E-state index in [4.69, 9.17) is 19.4 Å². The summed E-state index contributed by atoms with van der Waals surface area (Å²) in [4.78, 5) is 0. The van der Waals surface area contributed by atoms with Crippen molar-refractivity contribution in [2.45, 2.75) is 13.8 Å². The predicted molar refractivity (Wildman–Crippen MR) is 80.1 cm³/mol. The van der Waals surface area contributed by atoms with Crippen molar-refractivity contribution in [2.75, 3.05) is 12.8 Å². The second-order valence-electron chi connectivity index (χ2n) is 4.87. The molecule has 0 aliphatic heterocycles. The summed E-state index contributed by atoms with van der Waals surface area (Å²) in [6, 6.07) is 9.57. The van der Waals surface area contributed by atoms with E-state index < -0.39 is 0 Å². The van der Waals surface area contributed by atoms with Gasteiger partial charge in [0.15, 0.2) is 11.5 Å². The van der Waals surface area contributed by atoms with Gasteiger partial charge < -0.3 is 19.4 Å². The maximum Gasteiger partial charge on any atom is 0.230 e. The highest BCUT2D eigenvalue weighted by Crippen LogP contribution is 2.38. The standard InChI is InChI=1S/C16H16N2O3/c1-9-4-6-11(8-13(9)19-3)14-15(18-21-16(14)17)12-7-5-10(2)20-12/h4-8H,17H2,1-3H3. The van der Waals surface area contributed by atoms with E-state index in [1.54, 1.807) is 7.11 Å². The Bertz CT molecular complexity index is 787. The summed E-state index contributed by atoms with van der Waals surface area (Å²) < 4.78 is 16.1. The highest BCUT2D eigenvalue weighted by Gasteiger charge is 2.20. The van der Waals surface area contributed by atoms with E-state index in [-0.39, 0.29) is 5.88 Å². The van der Waals surface area contributed by atoms with Crippen LogP contribution in [0.3, 0.4) is 0 Å². The van der Waals surface area contributed by atoms with E-state index in [2.05, 4.69) is 5.16 Å². The molecule has 0 aliphatic carbocycles. The van der Waals surface area contributed by atoms with E-state index in [0.29, 0.717) is 17.0 Å². The molecule has 0 bridgehead atoms. The Morgan fingerprint density at radius 2 is 1.95 bits per heavy atom. The second kappa shape index (κ2) is 5.01. The fourth-order valence-electron chi connectivity index (χ4n) is 2.29. The molecule has 1 aromatic carbocycles. The third-order valence-electron chi connectivity index (χ3n) is 3.39. The van der Waals surface area contributed by atoms with Crippen LogP contribution < -0.4 is 10.5 Å². The van der Waals surface area contributed by atoms with Gasteiger partial charge in [0, 0.05) is 0 Å². The van der Waals surface area contributed by atoms with Gasteiger partial charge in [-0.15, -0.1) is 0 Å². The number of nitrogens with zero attached hydrogens (tertiary/aromatic N) is 1. The average molecular weight is 284 g/mol. The molecule has 0 saturated carbocycles. The molecular formula is C16H16N2O3. The molecule has 2 heterocycles. The van der Waals surface area contributed by atoms with Gasteiger partial charge in [-0.3, -0.25) is 0 Å². The predicted octanol–water partition coefficient (Wildman–Crippen LogP) is 3.81. The van der Waals surface area contributed by atoms with Crippen molar-refractivity contribution in [2.24, 2.45) is 0 Å². The molecule has 21 heavy (non-hydrogen) atoms. The van der Waals surface area contributed by atoms with Crippen LogP contribution >= 0.6 is 0 Å². The monoisotopic (exact) mass is 284 g/mol. The lowest BCUT2D eigenvalue weighted by Crippen LogP contribution is -1.91. The van der Waals surface area contributed by atoms with Gasteiger partial charge in [-0.2, -0.15) is 0 Å². The van der Waals surface area contributed by atoms with Crippen molar-refractivity contribution in [3.05, 3.63) is 41.7 Å². The first kappa shape index (κ1) is 13.3. The molecule has 5 heteroatoms. The van der Waals surface area contributed by atoms with Crippen molar-refractivity contribution < 1.29 is 13.7 Å². The summed E-state index contributed by atoms with van der Waals surface area (Å²) in [7, 11) is 1.64. The van der Waals surface area contributed by atoms with E-state index in [9.17, 15) is 0 Å². The minimum absolute atomic E-state index is 0.255. The third kappa shape index (κ3) is 2.27. The molecule has 0 radical (unpaired) electrons. The number of hydrogen-bond acceptors (Lipinski definition) is 5. The molecular weight excluding hydrogens is 268 g/mol. The van der Waals surface area contributed by atoms with Crippen LogP contribution in [0.2, 0.25) is 0 Å². The molecule has 108 valence electrons. The molecule has 0 atom stereocenters. The first-order chi connectivity index (χ1) is 10.1. The van der Waals surface area contributed by atoms with Gasteiger partial charge in [-0.1, -0.05) is 17.3 Å². The summed E-state index contributed by atoms with van der Waals surface area (Å²) in [6.45, 7) is 3.86. The van der Waals surface area contributed by atoms with Gasteiger partial charge in [0.25, 0.3) is 0 Å². The van der Waals surface area contributed by atoms with Gasteiger partial charge >= 0.3 is 0 Å². The highest BCUT2D eigenvalue weighted by molar-refractivity contribution is 5.85. The van der Waals surface area contributed by atoms with Gasteiger partial charge in [0.05, 0.1) is 12.7 Å². The molecule has 2 N–H and O–H groups in total. The van der Waals surface area contributed by atoms with Gasteiger partial charge in [-0.05, 0) is 43.2 Å². The lowest BCUT2D eigenvalue weighted by molar-refractivity contribution is 0.412. The van der Waals surface area contributed by atoms with E-state index in [1.165, 1.54) is 0 Å². The van der Waals surface area contributed by atoms with Crippen molar-refractivity contribution in [3.8, 4) is 28.3 Å². The normalized spacial score (nSPS) is 10.8. The van der Waals surface area contributed by atoms with Crippen LogP contribution in [-0.2, 0) is 0 Å². The first-order valence-corrected chi connectivity index (χ1v) is 6.57. The molecule has 5 nitrogen and oxygen atoms in total. The quantitative estimate of drug-likeness (QED) is 0.791. The average Bonchev–Trinajstić information content (AvgIpc) is 3.05. The number of nitrogens with two attached hydrogens (primary N) is 1. The van der Waals surface area contributed by atoms with Gasteiger partial charge in [0.1, 0.15) is 11.5 Å². The van der Waals surface area contributed by atoms with Crippen LogP contribution in [0.4, 0.5) is 5.88 Å². The lowest BCUT2D eigenvalue weighted by Gasteiger charge is -2.07. The Hall–Kier alpha value is -2.69. The summed E-state index contributed by atoms with van der Waals surface area (Å²) in [5.74, 6) is 2.47. The number of rotatable bonds is 3. The molecule has 0 unspecified atom stereocenters. The molecule has 3 aromatic rings. The van der Waals surface area contributed by atoms with Crippen LogP contribution in [0.15, 0.2) is 39.3 Å². The van der Waals surface area contributed by atoms with E-state index in [1.807, 2.05) is 44.2 Å². The highest BCUT2D eigenvalue weighted by atomic mass is 16.5. The number of aromatic nitrogens is 1. The third-order valence-corrected chi connectivity index (χ3v) is 3.39. The Morgan fingerprint density at radius 1 is 1.14 bits per heavy atom. The number of ether oxygens (including phenoxy) is 1. The zero-order chi connectivity index (χ0) is 15.0. The smallest absolute Gasteiger partial charge is 0.230 e. The van der Waals surface area contributed by atoms with Gasteiger partial charge in [0.2, 0.25) is 5.88 Å². The van der Waals surface area contributed by atoms with Crippen LogP contribution in [-0.4, -0.2) is 12.3 Å². The minimum Gasteiger partial charge on any atom is -0.496 e. The van der Waals surface area contributed by atoms with Crippen molar-refractivity contribution >= 4 is 5.88 Å². The fraction of sp³-hybridized carbons (Fsp3) is 0.188. The minimum atomic E-state index is 0.255. The Kier molecular flexibility index (Phi) is 3.17. The summed E-state index contributed by atoms with van der Waals surface area (Å²) >= 11 is 0. The molecule has 2 aromatic heterocycles. The summed E-state index contributed by atoms with van der Waals surface area (Å²) in [5.41, 5.74) is 9.16. The zero-order valence-corrected chi connectivity index (χ0v) is 12.1. The van der Waals surface area contributed by atoms with Crippen molar-refractivity contribution in [1.29, 1.82) is 0 Å². The molecule has 3 rings (SSSR count).